The van der Waals surface area contributed by atoms with Crippen LogP contribution in [0, 0.1) is 0 Å². The van der Waals surface area contributed by atoms with E-state index in [0.717, 1.165) is 16.5 Å². The maximum absolute atomic E-state index is 13.5. The molecule has 0 spiro atoms. The lowest BCUT2D eigenvalue weighted by Gasteiger charge is -2.28. The number of ketones is 1. The Morgan fingerprint density at radius 3 is 2.67 bits per heavy atom. The summed E-state index contributed by atoms with van der Waals surface area (Å²) in [5.41, 5.74) is 2.51. The first-order valence-electron chi connectivity index (χ1n) is 11.7. The molecule has 1 amide bonds. The largest absolute Gasteiger partial charge is 0.507 e. The van der Waals surface area contributed by atoms with Crippen molar-refractivity contribution in [3.8, 4) is 5.75 Å². The molecule has 3 heterocycles. The van der Waals surface area contributed by atoms with Crippen LogP contribution in [-0.4, -0.2) is 42.0 Å². The molecule has 6 rings (SSSR count). The monoisotopic (exact) mass is 477 g/mol. The number of nitrogens with zero attached hydrogens (tertiary/aromatic N) is 3. The third kappa shape index (κ3) is 3.40. The summed E-state index contributed by atoms with van der Waals surface area (Å²) in [7, 11) is 1.94. The van der Waals surface area contributed by atoms with E-state index in [1.807, 2.05) is 60.5 Å². The number of anilines is 2. The Balaban J connectivity index is 1.57. The molecular weight excluding hydrogens is 454 g/mol. The summed E-state index contributed by atoms with van der Waals surface area (Å²) in [5.74, 6) is -0.955. The van der Waals surface area contributed by atoms with Gasteiger partial charge in [0.2, 0.25) is 0 Å². The number of fused-ring (bicyclic) bond motifs is 2. The number of pyridine rings is 1. The highest BCUT2D eigenvalue weighted by atomic mass is 16.5. The molecule has 1 unspecified atom stereocenters. The average molecular weight is 478 g/mol. The Morgan fingerprint density at radius 2 is 1.83 bits per heavy atom. The number of aliphatic hydroxyl groups is 1. The van der Waals surface area contributed by atoms with Crippen molar-refractivity contribution in [3.63, 3.8) is 0 Å². The maximum Gasteiger partial charge on any atom is 0.300 e. The predicted molar refractivity (Wildman–Crippen MR) is 138 cm³/mol. The molecule has 178 valence electrons. The van der Waals surface area contributed by atoms with Crippen LogP contribution in [0.3, 0.4) is 0 Å². The highest BCUT2D eigenvalue weighted by Gasteiger charge is 2.47. The third-order valence-electron chi connectivity index (χ3n) is 6.80. The SMILES string of the molecule is CN1CCOc2ccc(/C(O)=C3/C(=O)C(=O)N(c4cccc5ccccc45)C3c3cccnc3)cc21. The van der Waals surface area contributed by atoms with E-state index in [-0.39, 0.29) is 11.3 Å². The van der Waals surface area contributed by atoms with Crippen LogP contribution in [0.15, 0.2) is 90.8 Å². The van der Waals surface area contributed by atoms with Crippen LogP contribution in [0.1, 0.15) is 17.2 Å². The Labute approximate surface area is 207 Å². The zero-order valence-electron chi connectivity index (χ0n) is 19.6. The van der Waals surface area contributed by atoms with Crippen LogP contribution in [0.4, 0.5) is 11.4 Å². The summed E-state index contributed by atoms with van der Waals surface area (Å²) in [4.78, 5) is 34.8. The first kappa shape index (κ1) is 21.9. The molecule has 1 fully saturated rings. The molecule has 1 N–H and O–H groups in total. The summed E-state index contributed by atoms with van der Waals surface area (Å²) >= 11 is 0. The number of benzene rings is 3. The Hall–Kier alpha value is -4.65. The van der Waals surface area contributed by atoms with Crippen molar-refractivity contribution in [2.45, 2.75) is 6.04 Å². The minimum atomic E-state index is -0.838. The molecule has 4 aromatic rings. The lowest BCUT2D eigenvalue weighted by atomic mass is 9.95. The van der Waals surface area contributed by atoms with Crippen molar-refractivity contribution in [2.24, 2.45) is 0 Å². The van der Waals surface area contributed by atoms with Gasteiger partial charge in [-0.25, -0.2) is 0 Å². The van der Waals surface area contributed by atoms with Crippen LogP contribution in [0.2, 0.25) is 0 Å². The number of amides is 1. The molecule has 0 aliphatic carbocycles. The van der Waals surface area contributed by atoms with Crippen molar-refractivity contribution in [1.29, 1.82) is 0 Å². The minimum absolute atomic E-state index is 0.0280. The van der Waals surface area contributed by atoms with Gasteiger partial charge in [0.1, 0.15) is 18.1 Å². The third-order valence-corrected chi connectivity index (χ3v) is 6.80. The van der Waals surface area contributed by atoms with E-state index in [9.17, 15) is 14.7 Å². The number of ether oxygens (including phenoxy) is 1. The number of carbonyl (C=O) groups is 2. The fraction of sp³-hybridized carbons (Fsp3) is 0.138. The van der Waals surface area contributed by atoms with Gasteiger partial charge < -0.3 is 14.7 Å². The number of Topliss-reactive ketones (excluding diaryl/α,β-unsaturated/α-hetero) is 1. The highest BCUT2D eigenvalue weighted by Crippen LogP contribution is 2.44. The molecule has 2 aliphatic heterocycles. The predicted octanol–water partition coefficient (Wildman–Crippen LogP) is 4.69. The molecule has 1 atom stereocenters. The normalized spacial score (nSPS) is 18.9. The van der Waals surface area contributed by atoms with Gasteiger partial charge in [-0.15, -0.1) is 0 Å². The average Bonchev–Trinajstić information content (AvgIpc) is 3.18. The number of rotatable bonds is 3. The van der Waals surface area contributed by atoms with Crippen molar-refractivity contribution in [3.05, 3.63) is 102 Å². The quantitative estimate of drug-likeness (QED) is 0.262. The second-order valence-corrected chi connectivity index (χ2v) is 8.91. The first-order valence-corrected chi connectivity index (χ1v) is 11.7. The van der Waals surface area contributed by atoms with Crippen molar-refractivity contribution < 1.29 is 19.4 Å². The Kier molecular flexibility index (Phi) is 5.18. The van der Waals surface area contributed by atoms with Crippen LogP contribution >= 0.6 is 0 Å². The van der Waals surface area contributed by atoms with E-state index in [1.165, 1.54) is 4.90 Å². The summed E-state index contributed by atoms with van der Waals surface area (Å²) in [6.45, 7) is 1.28. The van der Waals surface area contributed by atoms with Gasteiger partial charge in [0.15, 0.2) is 0 Å². The van der Waals surface area contributed by atoms with Crippen LogP contribution in [-0.2, 0) is 9.59 Å². The minimum Gasteiger partial charge on any atom is -0.507 e. The molecule has 36 heavy (non-hydrogen) atoms. The smallest absolute Gasteiger partial charge is 0.300 e. The standard InChI is InChI=1S/C29H23N3O4/c1-31-14-15-36-24-12-11-19(16-23(24)31)27(33)25-26(20-8-5-13-30-17-20)32(29(35)28(25)34)22-10-4-7-18-6-2-3-9-21(18)22/h2-13,16-17,26,33H,14-15H2,1H3/b27-25-. The number of carbonyl (C=O) groups excluding carboxylic acids is 2. The van der Waals surface area contributed by atoms with Crippen molar-refractivity contribution in [1.82, 2.24) is 4.98 Å². The molecule has 1 saturated heterocycles. The van der Waals surface area contributed by atoms with Gasteiger partial charge in [0.05, 0.1) is 29.5 Å². The number of aromatic nitrogens is 1. The van der Waals surface area contributed by atoms with E-state index >= 15 is 0 Å². The van der Waals surface area contributed by atoms with Crippen molar-refractivity contribution >= 4 is 39.6 Å². The topological polar surface area (TPSA) is 83.0 Å². The van der Waals surface area contributed by atoms with Crippen molar-refractivity contribution in [2.75, 3.05) is 30.0 Å². The van der Waals surface area contributed by atoms with Crippen LogP contribution < -0.4 is 14.5 Å². The summed E-state index contributed by atoms with van der Waals surface area (Å²) in [6, 6.07) is 21.3. The zero-order valence-corrected chi connectivity index (χ0v) is 19.6. The summed E-state index contributed by atoms with van der Waals surface area (Å²) < 4.78 is 5.72. The molecular formula is C29H23N3O4. The van der Waals surface area contributed by atoms with Gasteiger partial charge in [0.25, 0.3) is 11.7 Å². The lowest BCUT2D eigenvalue weighted by molar-refractivity contribution is -0.132. The second-order valence-electron chi connectivity index (χ2n) is 8.91. The molecule has 7 heteroatoms. The first-order chi connectivity index (χ1) is 17.5. The summed E-state index contributed by atoms with van der Waals surface area (Å²) in [6.07, 6.45) is 3.25. The maximum atomic E-state index is 13.5. The van der Waals surface area contributed by atoms with E-state index in [2.05, 4.69) is 4.98 Å². The van der Waals surface area contributed by atoms with Gasteiger partial charge >= 0.3 is 0 Å². The van der Waals surface area contributed by atoms with Crippen LogP contribution in [0.5, 0.6) is 5.75 Å². The molecule has 0 radical (unpaired) electrons. The van der Waals surface area contributed by atoms with Gasteiger partial charge in [-0.05, 0) is 41.3 Å². The highest BCUT2D eigenvalue weighted by molar-refractivity contribution is 6.52. The van der Waals surface area contributed by atoms with E-state index in [1.54, 1.807) is 36.7 Å². The summed E-state index contributed by atoms with van der Waals surface area (Å²) in [5, 5.41) is 13.3. The zero-order chi connectivity index (χ0) is 24.8. The Bertz CT molecular complexity index is 1540. The van der Waals surface area contributed by atoms with Gasteiger partial charge in [-0.1, -0.05) is 42.5 Å². The molecule has 7 nitrogen and oxygen atoms in total. The van der Waals surface area contributed by atoms with Gasteiger partial charge in [0, 0.05) is 30.4 Å². The molecule has 2 aliphatic rings. The lowest BCUT2D eigenvalue weighted by Crippen LogP contribution is -2.29. The van der Waals surface area contributed by atoms with Gasteiger partial charge in [-0.2, -0.15) is 0 Å². The van der Waals surface area contributed by atoms with Crippen LogP contribution in [0.25, 0.3) is 16.5 Å². The Morgan fingerprint density at radius 1 is 1.00 bits per heavy atom. The van der Waals surface area contributed by atoms with E-state index in [4.69, 9.17) is 4.74 Å². The molecule has 1 aromatic heterocycles. The van der Waals surface area contributed by atoms with E-state index in [0.29, 0.717) is 35.7 Å². The fourth-order valence-corrected chi connectivity index (χ4v) is 5.01. The number of hydrogen-bond donors (Lipinski definition) is 1. The molecule has 0 bridgehead atoms. The van der Waals surface area contributed by atoms with E-state index < -0.39 is 17.7 Å². The second kappa shape index (κ2) is 8.53. The fourth-order valence-electron chi connectivity index (χ4n) is 5.01. The number of likely N-dealkylation sites (N-methyl/N-ethyl adjacent to an activating group) is 1. The molecule has 0 saturated carbocycles. The van der Waals surface area contributed by atoms with Gasteiger partial charge in [-0.3, -0.25) is 19.5 Å². The number of hydrogen-bond acceptors (Lipinski definition) is 6. The molecule has 3 aromatic carbocycles. The number of aliphatic hydroxyl groups excluding tert-OH is 1.